The Hall–Kier alpha value is -2.92. The van der Waals surface area contributed by atoms with E-state index in [1.165, 1.54) is 12.1 Å². The zero-order valence-electron chi connectivity index (χ0n) is 19.5. The number of ether oxygens (including phenoxy) is 2. The number of rotatable bonds is 11. The Balaban J connectivity index is 1.60. The predicted molar refractivity (Wildman–Crippen MR) is 139 cm³/mol. The van der Waals surface area contributed by atoms with Gasteiger partial charge in [-0.15, -0.1) is 0 Å². The maximum absolute atomic E-state index is 12.4. The van der Waals surface area contributed by atoms with Crippen molar-refractivity contribution in [1.29, 1.82) is 0 Å². The number of benzene rings is 3. The molecule has 0 saturated carbocycles. The van der Waals surface area contributed by atoms with Crippen molar-refractivity contribution in [2.45, 2.75) is 24.8 Å². The zero-order chi connectivity index (χ0) is 25.4. The first-order chi connectivity index (χ1) is 16.7. The van der Waals surface area contributed by atoms with Gasteiger partial charge in [0, 0.05) is 22.3 Å². The summed E-state index contributed by atoms with van der Waals surface area (Å²) in [5.41, 5.74) is 3.59. The molecule has 10 heteroatoms. The highest BCUT2D eigenvalue weighted by molar-refractivity contribution is 9.10. The fourth-order valence-corrected chi connectivity index (χ4v) is 4.30. The number of sulfonamides is 1. The number of anilines is 1. The Labute approximate surface area is 214 Å². The standard InChI is InChI=1S/C25H28BrN3O5S/c1-17-3-7-19(8-4-17)29-24(30)16-34-25-21(22(26)11-12-23(25)33-2)15-28-14-13-18-5-9-20(10-6-18)35(27,31)32/h3-12,28H,13-16H2,1-2H3,(H,29,30)(H2,27,31,32). The van der Waals surface area contributed by atoms with E-state index >= 15 is 0 Å². The molecule has 3 aromatic carbocycles. The van der Waals surface area contributed by atoms with Gasteiger partial charge in [0.15, 0.2) is 18.1 Å². The number of nitrogens with two attached hydrogens (primary N) is 1. The lowest BCUT2D eigenvalue weighted by atomic mass is 10.1. The largest absolute Gasteiger partial charge is 0.493 e. The molecular weight excluding hydrogens is 534 g/mol. The summed E-state index contributed by atoms with van der Waals surface area (Å²) in [5.74, 6) is 0.718. The fraction of sp³-hybridized carbons (Fsp3) is 0.240. The first kappa shape index (κ1) is 26.7. The molecule has 0 atom stereocenters. The molecule has 0 aromatic heterocycles. The fourth-order valence-electron chi connectivity index (χ4n) is 3.33. The van der Waals surface area contributed by atoms with E-state index < -0.39 is 10.0 Å². The number of halogens is 1. The summed E-state index contributed by atoms with van der Waals surface area (Å²) in [6.45, 7) is 2.89. The summed E-state index contributed by atoms with van der Waals surface area (Å²) in [5, 5.41) is 11.3. The maximum Gasteiger partial charge on any atom is 0.262 e. The van der Waals surface area contributed by atoms with Crippen LogP contribution in [0.25, 0.3) is 0 Å². The number of primary sulfonamides is 1. The van der Waals surface area contributed by atoms with E-state index in [0.29, 0.717) is 36.7 Å². The molecule has 0 radical (unpaired) electrons. The third kappa shape index (κ3) is 7.79. The zero-order valence-corrected chi connectivity index (χ0v) is 21.9. The second-order valence-electron chi connectivity index (χ2n) is 7.88. The van der Waals surface area contributed by atoms with E-state index in [9.17, 15) is 13.2 Å². The molecule has 3 rings (SSSR count). The molecule has 3 aromatic rings. The van der Waals surface area contributed by atoms with Crippen molar-refractivity contribution in [3.8, 4) is 11.5 Å². The monoisotopic (exact) mass is 561 g/mol. The van der Waals surface area contributed by atoms with Crippen molar-refractivity contribution in [1.82, 2.24) is 5.32 Å². The third-order valence-electron chi connectivity index (χ3n) is 5.21. The van der Waals surface area contributed by atoms with Crippen LogP contribution in [0.1, 0.15) is 16.7 Å². The highest BCUT2D eigenvalue weighted by atomic mass is 79.9. The number of hydrogen-bond acceptors (Lipinski definition) is 6. The van der Waals surface area contributed by atoms with Gasteiger partial charge >= 0.3 is 0 Å². The molecule has 186 valence electrons. The molecule has 8 nitrogen and oxygen atoms in total. The van der Waals surface area contributed by atoms with Gasteiger partial charge < -0.3 is 20.1 Å². The molecule has 0 unspecified atom stereocenters. The molecule has 0 aliphatic carbocycles. The highest BCUT2D eigenvalue weighted by Gasteiger charge is 2.16. The average molecular weight is 562 g/mol. The minimum absolute atomic E-state index is 0.0859. The van der Waals surface area contributed by atoms with E-state index in [-0.39, 0.29) is 17.4 Å². The van der Waals surface area contributed by atoms with Gasteiger partial charge in [0.05, 0.1) is 12.0 Å². The molecule has 0 aliphatic heterocycles. The number of nitrogens with one attached hydrogen (secondary N) is 2. The molecule has 0 saturated heterocycles. The number of hydrogen-bond donors (Lipinski definition) is 3. The number of amides is 1. The summed E-state index contributed by atoms with van der Waals surface area (Å²) < 4.78 is 34.9. The lowest BCUT2D eigenvalue weighted by Crippen LogP contribution is -2.22. The van der Waals surface area contributed by atoms with E-state index in [1.54, 1.807) is 25.3 Å². The van der Waals surface area contributed by atoms with Crippen molar-refractivity contribution >= 4 is 37.5 Å². The smallest absolute Gasteiger partial charge is 0.262 e. The number of aryl methyl sites for hydroxylation is 1. The summed E-state index contributed by atoms with van der Waals surface area (Å²) in [6, 6.07) is 17.6. The summed E-state index contributed by atoms with van der Waals surface area (Å²) in [7, 11) is -2.16. The SMILES string of the molecule is COc1ccc(Br)c(CNCCc2ccc(S(N)(=O)=O)cc2)c1OCC(=O)Nc1ccc(C)cc1. The Morgan fingerprint density at radius 2 is 1.71 bits per heavy atom. The topological polar surface area (TPSA) is 120 Å². The lowest BCUT2D eigenvalue weighted by Gasteiger charge is -2.17. The molecule has 0 heterocycles. The Kier molecular flexibility index (Phi) is 9.27. The summed E-state index contributed by atoms with van der Waals surface area (Å²) in [4.78, 5) is 12.5. The van der Waals surface area contributed by atoms with Crippen LogP contribution in [0.4, 0.5) is 5.69 Å². The van der Waals surface area contributed by atoms with Crippen molar-refractivity contribution < 1.29 is 22.7 Å². The Bertz CT molecular complexity index is 1260. The van der Waals surface area contributed by atoms with E-state index in [4.69, 9.17) is 14.6 Å². The molecule has 35 heavy (non-hydrogen) atoms. The van der Waals surface area contributed by atoms with Gasteiger partial charge in [-0.25, -0.2) is 13.6 Å². The van der Waals surface area contributed by atoms with Gasteiger partial charge in [0.1, 0.15) is 0 Å². The third-order valence-corrected chi connectivity index (χ3v) is 6.89. The van der Waals surface area contributed by atoms with Gasteiger partial charge in [-0.1, -0.05) is 45.8 Å². The normalized spacial score (nSPS) is 11.2. The number of carbonyl (C=O) groups is 1. The lowest BCUT2D eigenvalue weighted by molar-refractivity contribution is -0.118. The highest BCUT2D eigenvalue weighted by Crippen LogP contribution is 2.36. The van der Waals surface area contributed by atoms with Gasteiger partial charge in [0.25, 0.3) is 5.91 Å². The molecule has 0 aliphatic rings. The second-order valence-corrected chi connectivity index (χ2v) is 10.3. The molecule has 0 bridgehead atoms. The summed E-state index contributed by atoms with van der Waals surface area (Å²) in [6.07, 6.45) is 0.682. The van der Waals surface area contributed by atoms with Crippen LogP contribution in [-0.4, -0.2) is 34.6 Å². The van der Waals surface area contributed by atoms with Crippen molar-refractivity contribution in [3.05, 3.63) is 81.8 Å². The second kappa shape index (κ2) is 12.2. The summed E-state index contributed by atoms with van der Waals surface area (Å²) >= 11 is 3.56. The van der Waals surface area contributed by atoms with Crippen LogP contribution in [0.15, 0.2) is 70.0 Å². The van der Waals surface area contributed by atoms with Crippen LogP contribution in [0.3, 0.4) is 0 Å². The number of methoxy groups -OCH3 is 1. The van der Waals surface area contributed by atoms with E-state index in [2.05, 4.69) is 26.6 Å². The first-order valence-corrected chi connectivity index (χ1v) is 13.2. The minimum atomic E-state index is -3.70. The van der Waals surface area contributed by atoms with Crippen molar-refractivity contribution in [2.75, 3.05) is 25.6 Å². The van der Waals surface area contributed by atoms with Crippen LogP contribution in [0.5, 0.6) is 11.5 Å². The molecule has 0 fully saturated rings. The van der Waals surface area contributed by atoms with Crippen LogP contribution in [-0.2, 0) is 27.8 Å². The van der Waals surface area contributed by atoms with Gasteiger partial charge in [-0.3, -0.25) is 4.79 Å². The molecular formula is C25H28BrN3O5S. The van der Waals surface area contributed by atoms with E-state index in [0.717, 1.165) is 21.2 Å². The number of carbonyl (C=O) groups excluding carboxylic acids is 1. The quantitative estimate of drug-likeness (QED) is 0.306. The molecule has 1 amide bonds. The Morgan fingerprint density at radius 3 is 2.34 bits per heavy atom. The minimum Gasteiger partial charge on any atom is -0.493 e. The van der Waals surface area contributed by atoms with Gasteiger partial charge in [0.2, 0.25) is 10.0 Å². The Morgan fingerprint density at radius 1 is 1.03 bits per heavy atom. The maximum atomic E-state index is 12.4. The molecule has 4 N–H and O–H groups in total. The van der Waals surface area contributed by atoms with Crippen LogP contribution in [0.2, 0.25) is 0 Å². The average Bonchev–Trinajstić information content (AvgIpc) is 2.82. The van der Waals surface area contributed by atoms with Crippen LogP contribution in [0, 0.1) is 6.92 Å². The van der Waals surface area contributed by atoms with Crippen LogP contribution >= 0.6 is 15.9 Å². The first-order valence-electron chi connectivity index (χ1n) is 10.8. The predicted octanol–water partition coefficient (Wildman–Crippen LogP) is 3.76. The van der Waals surface area contributed by atoms with Gasteiger partial charge in [-0.2, -0.15) is 0 Å². The van der Waals surface area contributed by atoms with Crippen LogP contribution < -0.4 is 25.2 Å². The molecule has 0 spiro atoms. The van der Waals surface area contributed by atoms with Gasteiger partial charge in [-0.05, 0) is 61.9 Å². The van der Waals surface area contributed by atoms with Crippen molar-refractivity contribution in [2.24, 2.45) is 5.14 Å². The van der Waals surface area contributed by atoms with E-state index in [1.807, 2.05) is 37.3 Å². The van der Waals surface area contributed by atoms with Crippen molar-refractivity contribution in [3.63, 3.8) is 0 Å².